The van der Waals surface area contributed by atoms with Crippen LogP contribution in [0, 0.1) is 3.70 Å². The Morgan fingerprint density at radius 2 is 2.12 bits per heavy atom. The topological polar surface area (TPSA) is 99.2 Å². The molecule has 2 atom stereocenters. The molecule has 3 rings (SSSR count). The van der Waals surface area contributed by atoms with E-state index in [1.54, 1.807) is 25.5 Å². The predicted molar refractivity (Wildman–Crippen MR) is 98.8 cm³/mol. The molecule has 0 saturated carbocycles. The summed E-state index contributed by atoms with van der Waals surface area (Å²) in [4.78, 5) is 21.9. The SMILES string of the molecule is CC(C)(C)OC(=O)N1CC(F)C[C@@H](n2nc(I)c3c(N)ncnc32)C1. The van der Waals surface area contributed by atoms with Crippen molar-refractivity contribution in [1.82, 2.24) is 24.6 Å². The van der Waals surface area contributed by atoms with Crippen LogP contribution in [0.2, 0.25) is 0 Å². The van der Waals surface area contributed by atoms with Gasteiger partial charge in [-0.3, -0.25) is 0 Å². The summed E-state index contributed by atoms with van der Waals surface area (Å²) in [6.07, 6.45) is -0.0915. The summed E-state index contributed by atoms with van der Waals surface area (Å²) in [5.74, 6) is 0.331. The average molecular weight is 462 g/mol. The first-order chi connectivity index (χ1) is 11.7. The lowest BCUT2D eigenvalue weighted by molar-refractivity contribution is 0.00649. The summed E-state index contributed by atoms with van der Waals surface area (Å²) in [7, 11) is 0. The second-order valence-corrected chi connectivity index (χ2v) is 8.09. The molecule has 0 aliphatic carbocycles. The Labute approximate surface area is 158 Å². The number of fused-ring (bicyclic) bond motifs is 1. The minimum absolute atomic E-state index is 0.0127. The van der Waals surface area contributed by atoms with E-state index >= 15 is 0 Å². The molecule has 3 heterocycles. The number of nitrogen functional groups attached to an aromatic ring is 1. The number of piperidine rings is 1. The standard InChI is InChI=1S/C15H20FIN6O2/c1-15(2,3)25-14(24)22-5-8(16)4-9(6-22)23-13-10(11(17)21-23)12(18)19-7-20-13/h7-9H,4-6H2,1-3H3,(H2,18,19,20)/t8?,9-/m1/s1. The van der Waals surface area contributed by atoms with Gasteiger partial charge in [-0.1, -0.05) is 0 Å². The first-order valence-electron chi connectivity index (χ1n) is 7.92. The van der Waals surface area contributed by atoms with Crippen molar-refractivity contribution < 1.29 is 13.9 Å². The highest BCUT2D eigenvalue weighted by atomic mass is 127. The van der Waals surface area contributed by atoms with Crippen molar-refractivity contribution in [1.29, 1.82) is 0 Å². The van der Waals surface area contributed by atoms with Crippen molar-refractivity contribution in [3.63, 3.8) is 0 Å². The Morgan fingerprint density at radius 3 is 2.80 bits per heavy atom. The Balaban J connectivity index is 1.90. The molecule has 2 aromatic rings. The smallest absolute Gasteiger partial charge is 0.410 e. The number of hydrogen-bond acceptors (Lipinski definition) is 6. The van der Waals surface area contributed by atoms with Gasteiger partial charge in [0.05, 0.1) is 18.0 Å². The van der Waals surface area contributed by atoms with E-state index in [1.165, 1.54) is 11.2 Å². The number of likely N-dealkylation sites (tertiary alicyclic amines) is 1. The summed E-state index contributed by atoms with van der Waals surface area (Å²) in [5.41, 5.74) is 5.81. The zero-order chi connectivity index (χ0) is 18.4. The normalized spacial score (nSPS) is 21.6. The molecule has 1 aliphatic rings. The molecule has 0 spiro atoms. The van der Waals surface area contributed by atoms with Crippen molar-refractivity contribution in [2.45, 2.75) is 45.0 Å². The van der Waals surface area contributed by atoms with Gasteiger partial charge in [0, 0.05) is 13.0 Å². The van der Waals surface area contributed by atoms with Crippen molar-refractivity contribution in [2.75, 3.05) is 18.8 Å². The third kappa shape index (κ3) is 3.77. The molecule has 1 aliphatic heterocycles. The van der Waals surface area contributed by atoms with Crippen molar-refractivity contribution in [3.8, 4) is 0 Å². The maximum absolute atomic E-state index is 14.3. The van der Waals surface area contributed by atoms with Crippen LogP contribution >= 0.6 is 22.6 Å². The number of nitrogens with two attached hydrogens (primary N) is 1. The number of nitrogens with zero attached hydrogens (tertiary/aromatic N) is 5. The number of halogens is 2. The van der Waals surface area contributed by atoms with E-state index in [-0.39, 0.29) is 19.0 Å². The summed E-state index contributed by atoms with van der Waals surface area (Å²) in [6, 6.07) is -0.350. The van der Waals surface area contributed by atoms with E-state index < -0.39 is 17.9 Å². The number of ether oxygens (including phenoxy) is 1. The number of alkyl halides is 1. The molecule has 0 bridgehead atoms. The van der Waals surface area contributed by atoms with Crippen LogP contribution in [0.25, 0.3) is 11.0 Å². The van der Waals surface area contributed by atoms with Gasteiger partial charge in [-0.05, 0) is 43.4 Å². The first kappa shape index (κ1) is 18.1. The number of aromatic nitrogens is 4. The predicted octanol–water partition coefficient (Wildman–Crippen LogP) is 2.53. The highest BCUT2D eigenvalue weighted by Crippen LogP contribution is 2.30. The van der Waals surface area contributed by atoms with Crippen molar-refractivity contribution in [3.05, 3.63) is 10.0 Å². The Hall–Kier alpha value is -1.72. The number of rotatable bonds is 1. The molecule has 1 unspecified atom stereocenters. The van der Waals surface area contributed by atoms with E-state index in [2.05, 4.69) is 37.7 Å². The van der Waals surface area contributed by atoms with Crippen LogP contribution in [0.4, 0.5) is 15.0 Å². The van der Waals surface area contributed by atoms with Gasteiger partial charge < -0.3 is 15.4 Å². The monoisotopic (exact) mass is 462 g/mol. The van der Waals surface area contributed by atoms with Gasteiger partial charge in [0.25, 0.3) is 0 Å². The van der Waals surface area contributed by atoms with Crippen molar-refractivity contribution >= 4 is 45.5 Å². The van der Waals surface area contributed by atoms with E-state index in [9.17, 15) is 9.18 Å². The molecule has 1 fully saturated rings. The average Bonchev–Trinajstić information content (AvgIpc) is 2.83. The zero-order valence-electron chi connectivity index (χ0n) is 14.2. The molecular weight excluding hydrogens is 442 g/mol. The second kappa shape index (κ2) is 6.54. The summed E-state index contributed by atoms with van der Waals surface area (Å²) >= 11 is 2.05. The Morgan fingerprint density at radius 1 is 1.40 bits per heavy atom. The van der Waals surface area contributed by atoms with Crippen LogP contribution in [-0.2, 0) is 4.74 Å². The van der Waals surface area contributed by atoms with Gasteiger partial charge in [-0.25, -0.2) is 23.8 Å². The number of hydrogen-bond donors (Lipinski definition) is 1. The lowest BCUT2D eigenvalue weighted by Crippen LogP contribution is -2.47. The molecule has 0 aromatic carbocycles. The third-order valence-electron chi connectivity index (χ3n) is 3.85. The van der Waals surface area contributed by atoms with Crippen LogP contribution < -0.4 is 5.73 Å². The number of carbonyl (C=O) groups is 1. The maximum Gasteiger partial charge on any atom is 0.410 e. The number of anilines is 1. The molecule has 0 radical (unpaired) electrons. The molecule has 1 saturated heterocycles. The second-order valence-electron chi connectivity index (χ2n) is 7.07. The van der Waals surface area contributed by atoms with Gasteiger partial charge in [-0.2, -0.15) is 5.10 Å². The van der Waals surface area contributed by atoms with Crippen LogP contribution in [0.3, 0.4) is 0 Å². The van der Waals surface area contributed by atoms with E-state index in [0.717, 1.165) is 0 Å². The highest BCUT2D eigenvalue weighted by molar-refractivity contribution is 14.1. The fourth-order valence-electron chi connectivity index (χ4n) is 2.87. The maximum atomic E-state index is 14.3. The number of amides is 1. The van der Waals surface area contributed by atoms with E-state index in [4.69, 9.17) is 10.5 Å². The minimum atomic E-state index is -1.16. The summed E-state index contributed by atoms with van der Waals surface area (Å²) < 4.78 is 21.9. The molecular formula is C15H20FIN6O2. The zero-order valence-corrected chi connectivity index (χ0v) is 16.4. The van der Waals surface area contributed by atoms with E-state index in [1.807, 2.05) is 0 Å². The molecule has 10 heteroatoms. The molecule has 8 nitrogen and oxygen atoms in total. The van der Waals surface area contributed by atoms with Crippen LogP contribution in [0.5, 0.6) is 0 Å². The minimum Gasteiger partial charge on any atom is -0.444 e. The van der Waals surface area contributed by atoms with Gasteiger partial charge in [-0.15, -0.1) is 0 Å². The molecule has 1 amide bonds. The first-order valence-corrected chi connectivity index (χ1v) is 9.00. The fourth-order valence-corrected chi connectivity index (χ4v) is 3.62. The van der Waals surface area contributed by atoms with Crippen molar-refractivity contribution in [2.24, 2.45) is 0 Å². The largest absolute Gasteiger partial charge is 0.444 e. The van der Waals surface area contributed by atoms with Crippen LogP contribution in [0.1, 0.15) is 33.2 Å². The van der Waals surface area contributed by atoms with Gasteiger partial charge in [0.1, 0.15) is 27.6 Å². The molecule has 25 heavy (non-hydrogen) atoms. The molecule has 2 aromatic heterocycles. The van der Waals surface area contributed by atoms with Gasteiger partial charge >= 0.3 is 6.09 Å². The quantitative estimate of drug-likeness (QED) is 0.655. The number of carbonyl (C=O) groups excluding carboxylic acids is 1. The van der Waals surface area contributed by atoms with E-state index in [0.29, 0.717) is 27.1 Å². The Kier molecular flexibility index (Phi) is 4.73. The summed E-state index contributed by atoms with van der Waals surface area (Å²) in [5, 5.41) is 5.10. The third-order valence-corrected chi connectivity index (χ3v) is 4.61. The Bertz CT molecular complexity index is 805. The lowest BCUT2D eigenvalue weighted by atomic mass is 10.0. The van der Waals surface area contributed by atoms with Crippen LogP contribution in [0.15, 0.2) is 6.33 Å². The van der Waals surface area contributed by atoms with Crippen LogP contribution in [-0.4, -0.2) is 55.6 Å². The van der Waals surface area contributed by atoms with Gasteiger partial charge in [0.15, 0.2) is 5.65 Å². The molecule has 2 N–H and O–H groups in total. The van der Waals surface area contributed by atoms with Gasteiger partial charge in [0.2, 0.25) is 0 Å². The molecule has 136 valence electrons. The summed E-state index contributed by atoms with van der Waals surface area (Å²) in [6.45, 7) is 5.65. The highest BCUT2D eigenvalue weighted by Gasteiger charge is 2.35. The fraction of sp³-hybridized carbons (Fsp3) is 0.600. The lowest BCUT2D eigenvalue weighted by Gasteiger charge is -2.35.